The van der Waals surface area contributed by atoms with E-state index in [4.69, 9.17) is 0 Å². The van der Waals surface area contributed by atoms with Gasteiger partial charge in [-0.3, -0.25) is 9.59 Å². The fraction of sp³-hybridized carbons (Fsp3) is 0.211. The molecule has 3 aromatic rings. The van der Waals surface area contributed by atoms with Crippen LogP contribution in [0.2, 0.25) is 0 Å². The number of H-pyrrole nitrogens is 3. The Balaban J connectivity index is 2.14. The predicted molar refractivity (Wildman–Crippen MR) is 97.8 cm³/mol. The third-order valence-corrected chi connectivity index (χ3v) is 3.80. The number of hydrogen-bond donors (Lipinski definition) is 3. The zero-order valence-corrected chi connectivity index (χ0v) is 14.4. The predicted octanol–water partition coefficient (Wildman–Crippen LogP) is 0.741. The summed E-state index contributed by atoms with van der Waals surface area (Å²) < 4.78 is 0. The highest BCUT2D eigenvalue weighted by Gasteiger charge is 2.19. The van der Waals surface area contributed by atoms with Gasteiger partial charge in [0, 0.05) is 11.1 Å². The lowest BCUT2D eigenvalue weighted by Crippen LogP contribution is -2.46. The summed E-state index contributed by atoms with van der Waals surface area (Å²) >= 11 is 0. The van der Waals surface area contributed by atoms with Crippen molar-refractivity contribution in [1.82, 2.24) is 19.9 Å². The Hall–Kier alpha value is -3.15. The monoisotopic (exact) mass is 336 g/mol. The Kier molecular flexibility index (Phi) is 4.27. The second kappa shape index (κ2) is 6.39. The number of nitrogens with zero attached hydrogens (tertiary/aromatic N) is 1. The number of aromatic amines is 3. The standard InChI is InChI=1S/C19H20N4O2/c1-19(2,3)16-13(20-11-21-16)10-15-18(25)22-14(17(24)23-15)9-12-7-5-4-6-8-12/h4-11H,1-3H3,(H,20,21)(H,22,25)(H,23,24)/b14-9+,15-10+. The molecule has 0 radical (unpaired) electrons. The molecule has 0 aliphatic heterocycles. The fourth-order valence-electron chi connectivity index (χ4n) is 2.56. The number of hydrogen-bond acceptors (Lipinski definition) is 3. The Labute approximate surface area is 144 Å². The highest BCUT2D eigenvalue weighted by Crippen LogP contribution is 2.22. The number of nitrogens with one attached hydrogen (secondary N) is 3. The lowest BCUT2D eigenvalue weighted by molar-refractivity contribution is 0.571. The van der Waals surface area contributed by atoms with Crippen molar-refractivity contribution < 1.29 is 0 Å². The molecule has 6 nitrogen and oxygen atoms in total. The van der Waals surface area contributed by atoms with E-state index in [1.54, 1.807) is 18.5 Å². The maximum absolute atomic E-state index is 12.4. The van der Waals surface area contributed by atoms with Gasteiger partial charge in [-0.1, -0.05) is 51.1 Å². The molecule has 0 amide bonds. The maximum atomic E-state index is 12.4. The van der Waals surface area contributed by atoms with Crippen LogP contribution >= 0.6 is 0 Å². The summed E-state index contributed by atoms with van der Waals surface area (Å²) in [6.07, 6.45) is 4.80. The van der Waals surface area contributed by atoms with Crippen LogP contribution in [0, 0.1) is 0 Å². The van der Waals surface area contributed by atoms with Gasteiger partial charge in [-0.05, 0) is 17.7 Å². The summed E-state index contributed by atoms with van der Waals surface area (Å²) in [4.78, 5) is 37.3. The molecule has 0 unspecified atom stereocenters. The second-order valence-electron chi connectivity index (χ2n) is 6.85. The average Bonchev–Trinajstić information content (AvgIpc) is 3.02. The van der Waals surface area contributed by atoms with Crippen LogP contribution < -0.4 is 21.8 Å². The highest BCUT2D eigenvalue weighted by molar-refractivity contribution is 5.49. The van der Waals surface area contributed by atoms with E-state index >= 15 is 0 Å². The molecule has 25 heavy (non-hydrogen) atoms. The smallest absolute Gasteiger partial charge is 0.272 e. The van der Waals surface area contributed by atoms with Crippen LogP contribution in [0.25, 0.3) is 12.2 Å². The van der Waals surface area contributed by atoms with Crippen LogP contribution in [-0.2, 0) is 5.41 Å². The van der Waals surface area contributed by atoms with Gasteiger partial charge in [0.1, 0.15) is 10.7 Å². The minimum absolute atomic E-state index is 0.156. The van der Waals surface area contributed by atoms with Gasteiger partial charge in [-0.2, -0.15) is 0 Å². The van der Waals surface area contributed by atoms with Gasteiger partial charge in [-0.25, -0.2) is 4.98 Å². The van der Waals surface area contributed by atoms with Crippen LogP contribution in [0.5, 0.6) is 0 Å². The van der Waals surface area contributed by atoms with Gasteiger partial charge in [0.15, 0.2) is 0 Å². The Morgan fingerprint density at radius 3 is 2.12 bits per heavy atom. The van der Waals surface area contributed by atoms with E-state index in [2.05, 4.69) is 19.9 Å². The van der Waals surface area contributed by atoms with Gasteiger partial charge in [-0.15, -0.1) is 0 Å². The summed E-state index contributed by atoms with van der Waals surface area (Å²) in [5, 5.41) is 0.388. The molecule has 0 aliphatic rings. The van der Waals surface area contributed by atoms with Crippen molar-refractivity contribution in [3.05, 3.63) is 85.0 Å². The first-order valence-corrected chi connectivity index (χ1v) is 7.99. The molecule has 0 saturated heterocycles. The zero-order chi connectivity index (χ0) is 18.0. The van der Waals surface area contributed by atoms with E-state index in [0.29, 0.717) is 5.69 Å². The molecule has 2 aromatic heterocycles. The van der Waals surface area contributed by atoms with E-state index in [1.165, 1.54) is 0 Å². The minimum Gasteiger partial charge on any atom is -0.348 e. The third kappa shape index (κ3) is 3.68. The molecule has 0 aliphatic carbocycles. The van der Waals surface area contributed by atoms with Crippen LogP contribution in [0.15, 0.2) is 46.2 Å². The number of imidazole rings is 1. The molecule has 0 saturated carbocycles. The molecule has 0 fully saturated rings. The topological polar surface area (TPSA) is 94.4 Å². The maximum Gasteiger partial charge on any atom is 0.272 e. The first-order chi connectivity index (χ1) is 11.8. The van der Waals surface area contributed by atoms with Crippen molar-refractivity contribution in [2.24, 2.45) is 0 Å². The van der Waals surface area contributed by atoms with E-state index in [-0.39, 0.29) is 27.2 Å². The fourth-order valence-corrected chi connectivity index (χ4v) is 2.56. The lowest BCUT2D eigenvalue weighted by Gasteiger charge is -2.16. The zero-order valence-electron chi connectivity index (χ0n) is 14.4. The van der Waals surface area contributed by atoms with Crippen LogP contribution in [0.1, 0.15) is 37.7 Å². The van der Waals surface area contributed by atoms with Crippen molar-refractivity contribution in [1.29, 1.82) is 0 Å². The normalized spacial score (nSPS) is 13.4. The molecule has 2 heterocycles. The van der Waals surface area contributed by atoms with Crippen molar-refractivity contribution >= 4 is 12.2 Å². The highest BCUT2D eigenvalue weighted by atomic mass is 16.1. The molecule has 6 heteroatoms. The first-order valence-electron chi connectivity index (χ1n) is 7.99. The summed E-state index contributed by atoms with van der Waals surface area (Å²) in [7, 11) is 0. The van der Waals surface area contributed by atoms with Crippen LogP contribution in [-0.4, -0.2) is 19.9 Å². The SMILES string of the molecule is CC(C)(C)c1[nH]cnc1/C=c1/[nH]c(=O)/c(=C\c2ccccc2)[nH]c1=O. The summed E-state index contributed by atoms with van der Waals surface area (Å²) in [5.41, 5.74) is 1.48. The molecule has 0 bridgehead atoms. The Morgan fingerprint density at radius 2 is 1.52 bits per heavy atom. The second-order valence-corrected chi connectivity index (χ2v) is 6.85. The molecule has 3 rings (SSSR count). The van der Waals surface area contributed by atoms with Gasteiger partial charge in [0.05, 0.1) is 12.0 Å². The van der Waals surface area contributed by atoms with E-state index in [1.807, 2.05) is 51.1 Å². The minimum atomic E-state index is -0.371. The van der Waals surface area contributed by atoms with Gasteiger partial charge in [0.25, 0.3) is 11.1 Å². The molecule has 1 aromatic carbocycles. The van der Waals surface area contributed by atoms with E-state index in [9.17, 15) is 9.59 Å². The van der Waals surface area contributed by atoms with Crippen molar-refractivity contribution in [3.63, 3.8) is 0 Å². The van der Waals surface area contributed by atoms with E-state index in [0.717, 1.165) is 11.3 Å². The first kappa shape index (κ1) is 16.7. The molecular weight excluding hydrogens is 316 g/mol. The summed E-state index contributed by atoms with van der Waals surface area (Å²) in [5.74, 6) is 0. The molecular formula is C19H20N4O2. The van der Waals surface area contributed by atoms with Crippen LogP contribution in [0.4, 0.5) is 0 Å². The Morgan fingerprint density at radius 1 is 0.920 bits per heavy atom. The largest absolute Gasteiger partial charge is 0.348 e. The van der Waals surface area contributed by atoms with Gasteiger partial charge in [0.2, 0.25) is 0 Å². The number of aromatic nitrogens is 4. The molecule has 0 atom stereocenters. The summed E-state index contributed by atoms with van der Waals surface area (Å²) in [6, 6.07) is 9.34. The van der Waals surface area contributed by atoms with Crippen LogP contribution in [0.3, 0.4) is 0 Å². The quantitative estimate of drug-likeness (QED) is 0.644. The van der Waals surface area contributed by atoms with Crippen molar-refractivity contribution in [2.45, 2.75) is 26.2 Å². The van der Waals surface area contributed by atoms with E-state index < -0.39 is 0 Å². The lowest BCUT2D eigenvalue weighted by atomic mass is 9.90. The van der Waals surface area contributed by atoms with Crippen molar-refractivity contribution in [2.75, 3.05) is 0 Å². The number of benzene rings is 1. The van der Waals surface area contributed by atoms with Crippen molar-refractivity contribution in [3.8, 4) is 0 Å². The molecule has 128 valence electrons. The van der Waals surface area contributed by atoms with Gasteiger partial charge >= 0.3 is 0 Å². The molecule has 0 spiro atoms. The average molecular weight is 336 g/mol. The third-order valence-electron chi connectivity index (χ3n) is 3.80. The number of rotatable bonds is 2. The Bertz CT molecular complexity index is 1110. The summed E-state index contributed by atoms with van der Waals surface area (Å²) in [6.45, 7) is 6.13. The van der Waals surface area contributed by atoms with Gasteiger partial charge < -0.3 is 15.0 Å². The molecule has 3 N–H and O–H groups in total.